The Labute approximate surface area is 142 Å². The zero-order valence-electron chi connectivity index (χ0n) is 13.6. The summed E-state index contributed by atoms with van der Waals surface area (Å²) in [5, 5.41) is 3.79. The van der Waals surface area contributed by atoms with Crippen LogP contribution in [0.5, 0.6) is 11.5 Å². The van der Waals surface area contributed by atoms with Gasteiger partial charge in [0.2, 0.25) is 0 Å². The van der Waals surface area contributed by atoms with Crippen LogP contribution in [0, 0.1) is 0 Å². The standard InChI is InChI=1S/C17H20N2O4S/c1-3-22-15-7-5-14(6-8-15)13-18-19-24(20,21)17-11-9-16(10-12-17)23-4-2/h5-13,19H,3-4H2,1-2H3. The Morgan fingerprint density at radius 3 is 1.92 bits per heavy atom. The number of nitrogens with one attached hydrogen (secondary N) is 1. The lowest BCUT2D eigenvalue weighted by Crippen LogP contribution is -2.18. The van der Waals surface area contributed by atoms with Crippen LogP contribution in [0.2, 0.25) is 0 Å². The maximum Gasteiger partial charge on any atom is 0.276 e. The van der Waals surface area contributed by atoms with Gasteiger partial charge in [-0.05, 0) is 67.9 Å². The number of rotatable bonds is 8. The minimum atomic E-state index is -3.71. The van der Waals surface area contributed by atoms with Crippen LogP contribution in [-0.4, -0.2) is 27.8 Å². The van der Waals surface area contributed by atoms with Gasteiger partial charge in [-0.2, -0.15) is 13.5 Å². The molecule has 0 saturated heterocycles. The van der Waals surface area contributed by atoms with E-state index in [2.05, 4.69) is 9.93 Å². The molecule has 0 saturated carbocycles. The first kappa shape index (κ1) is 17.8. The zero-order valence-corrected chi connectivity index (χ0v) is 14.4. The average Bonchev–Trinajstić information content (AvgIpc) is 2.57. The third kappa shape index (κ3) is 4.99. The summed E-state index contributed by atoms with van der Waals surface area (Å²) in [5.74, 6) is 1.37. The van der Waals surface area contributed by atoms with Gasteiger partial charge >= 0.3 is 0 Å². The Hall–Kier alpha value is -2.54. The Morgan fingerprint density at radius 1 is 0.917 bits per heavy atom. The van der Waals surface area contributed by atoms with Crippen molar-refractivity contribution in [1.82, 2.24) is 4.83 Å². The maximum absolute atomic E-state index is 12.1. The average molecular weight is 348 g/mol. The molecule has 0 aliphatic carbocycles. The molecule has 0 radical (unpaired) electrons. The van der Waals surface area contributed by atoms with Gasteiger partial charge in [-0.15, -0.1) is 0 Å². The van der Waals surface area contributed by atoms with E-state index >= 15 is 0 Å². The number of hydrazone groups is 1. The van der Waals surface area contributed by atoms with Crippen LogP contribution in [0.3, 0.4) is 0 Å². The van der Waals surface area contributed by atoms with Crippen LogP contribution in [-0.2, 0) is 10.0 Å². The molecule has 1 N–H and O–H groups in total. The molecule has 0 aromatic heterocycles. The number of sulfonamides is 1. The molecule has 0 heterocycles. The molecule has 0 amide bonds. The highest BCUT2D eigenvalue weighted by Crippen LogP contribution is 2.16. The lowest BCUT2D eigenvalue weighted by molar-refractivity contribution is 0.340. The number of hydrogen-bond acceptors (Lipinski definition) is 5. The second-order valence-electron chi connectivity index (χ2n) is 4.76. The molecule has 2 aromatic carbocycles. The van der Waals surface area contributed by atoms with Gasteiger partial charge in [-0.25, -0.2) is 4.83 Å². The van der Waals surface area contributed by atoms with E-state index in [1.807, 2.05) is 13.8 Å². The van der Waals surface area contributed by atoms with Crippen LogP contribution < -0.4 is 14.3 Å². The van der Waals surface area contributed by atoms with Crippen molar-refractivity contribution < 1.29 is 17.9 Å². The quantitative estimate of drug-likeness (QED) is 0.588. The van der Waals surface area contributed by atoms with Gasteiger partial charge < -0.3 is 9.47 Å². The number of hydrogen-bond donors (Lipinski definition) is 1. The van der Waals surface area contributed by atoms with Gasteiger partial charge in [0.05, 0.1) is 24.3 Å². The Balaban J connectivity index is 2.00. The van der Waals surface area contributed by atoms with Crippen molar-refractivity contribution in [2.45, 2.75) is 18.7 Å². The largest absolute Gasteiger partial charge is 0.494 e. The van der Waals surface area contributed by atoms with Crippen LogP contribution in [0.25, 0.3) is 0 Å². The zero-order chi connectivity index (χ0) is 17.4. The second kappa shape index (κ2) is 8.35. The van der Waals surface area contributed by atoms with Crippen molar-refractivity contribution in [2.24, 2.45) is 5.10 Å². The fraction of sp³-hybridized carbons (Fsp3) is 0.235. The van der Waals surface area contributed by atoms with E-state index in [0.29, 0.717) is 19.0 Å². The molecule has 2 aromatic rings. The molecule has 0 aliphatic rings. The van der Waals surface area contributed by atoms with Gasteiger partial charge in [0.15, 0.2) is 0 Å². The highest BCUT2D eigenvalue weighted by molar-refractivity contribution is 7.89. The van der Waals surface area contributed by atoms with E-state index in [0.717, 1.165) is 11.3 Å². The van der Waals surface area contributed by atoms with Gasteiger partial charge in [-0.1, -0.05) is 0 Å². The maximum atomic E-state index is 12.1. The predicted octanol–water partition coefficient (Wildman–Crippen LogP) is 2.80. The summed E-state index contributed by atoms with van der Waals surface area (Å²) in [5.41, 5.74) is 0.757. The fourth-order valence-corrected chi connectivity index (χ4v) is 2.71. The van der Waals surface area contributed by atoms with Gasteiger partial charge in [0, 0.05) is 0 Å². The highest BCUT2D eigenvalue weighted by Gasteiger charge is 2.12. The normalized spacial score (nSPS) is 11.4. The van der Waals surface area contributed by atoms with Gasteiger partial charge in [0.1, 0.15) is 11.5 Å². The molecule has 0 unspecified atom stereocenters. The van der Waals surface area contributed by atoms with Crippen LogP contribution in [0.4, 0.5) is 0 Å². The molecule has 0 atom stereocenters. The number of benzene rings is 2. The summed E-state index contributed by atoms with van der Waals surface area (Å²) in [7, 11) is -3.71. The smallest absolute Gasteiger partial charge is 0.276 e. The molecular weight excluding hydrogens is 328 g/mol. The summed E-state index contributed by atoms with van der Waals surface area (Å²) < 4.78 is 34.9. The van der Waals surface area contributed by atoms with Crippen LogP contribution >= 0.6 is 0 Å². The minimum Gasteiger partial charge on any atom is -0.494 e. The summed E-state index contributed by atoms with van der Waals surface area (Å²) in [6, 6.07) is 13.3. The topological polar surface area (TPSA) is 77.0 Å². The summed E-state index contributed by atoms with van der Waals surface area (Å²) in [4.78, 5) is 2.30. The van der Waals surface area contributed by atoms with E-state index in [4.69, 9.17) is 9.47 Å². The van der Waals surface area contributed by atoms with Crippen molar-refractivity contribution >= 4 is 16.2 Å². The number of ether oxygens (including phenoxy) is 2. The van der Waals surface area contributed by atoms with Crippen molar-refractivity contribution in [1.29, 1.82) is 0 Å². The summed E-state index contributed by atoms with van der Waals surface area (Å²) >= 11 is 0. The lowest BCUT2D eigenvalue weighted by atomic mass is 10.2. The van der Waals surface area contributed by atoms with E-state index in [1.165, 1.54) is 18.3 Å². The van der Waals surface area contributed by atoms with E-state index in [1.54, 1.807) is 36.4 Å². The molecule has 0 bridgehead atoms. The minimum absolute atomic E-state index is 0.120. The third-order valence-electron chi connectivity index (χ3n) is 3.02. The Kier molecular flexibility index (Phi) is 6.20. The van der Waals surface area contributed by atoms with Crippen molar-refractivity contribution in [2.75, 3.05) is 13.2 Å². The van der Waals surface area contributed by atoms with E-state index in [9.17, 15) is 8.42 Å². The van der Waals surface area contributed by atoms with Crippen LogP contribution in [0.15, 0.2) is 58.5 Å². The van der Waals surface area contributed by atoms with Gasteiger partial charge in [0.25, 0.3) is 10.0 Å². The van der Waals surface area contributed by atoms with Crippen molar-refractivity contribution in [3.8, 4) is 11.5 Å². The molecule has 24 heavy (non-hydrogen) atoms. The molecule has 0 spiro atoms. The lowest BCUT2D eigenvalue weighted by Gasteiger charge is -2.06. The first-order valence-electron chi connectivity index (χ1n) is 7.55. The Morgan fingerprint density at radius 2 is 1.42 bits per heavy atom. The molecule has 0 aliphatic heterocycles. The van der Waals surface area contributed by atoms with Crippen molar-refractivity contribution in [3.05, 3.63) is 54.1 Å². The van der Waals surface area contributed by atoms with E-state index < -0.39 is 10.0 Å². The monoisotopic (exact) mass is 348 g/mol. The molecule has 2 rings (SSSR count). The van der Waals surface area contributed by atoms with Crippen molar-refractivity contribution in [3.63, 3.8) is 0 Å². The SMILES string of the molecule is CCOc1ccc(C=NNS(=O)(=O)c2ccc(OCC)cc2)cc1. The summed E-state index contributed by atoms with van der Waals surface area (Å²) in [6.45, 7) is 4.89. The molecule has 6 nitrogen and oxygen atoms in total. The second-order valence-corrected chi connectivity index (χ2v) is 6.42. The summed E-state index contributed by atoms with van der Waals surface area (Å²) in [6.07, 6.45) is 1.43. The number of nitrogens with zero attached hydrogens (tertiary/aromatic N) is 1. The molecule has 128 valence electrons. The Bertz CT molecular complexity index is 769. The molecular formula is C17H20N2O4S. The molecule has 7 heteroatoms. The van der Waals surface area contributed by atoms with Crippen LogP contribution in [0.1, 0.15) is 19.4 Å². The predicted molar refractivity (Wildman–Crippen MR) is 93.1 cm³/mol. The molecule has 0 fully saturated rings. The first-order valence-corrected chi connectivity index (χ1v) is 9.04. The van der Waals surface area contributed by atoms with Gasteiger partial charge in [-0.3, -0.25) is 0 Å². The third-order valence-corrected chi connectivity index (χ3v) is 4.26. The fourth-order valence-electron chi connectivity index (χ4n) is 1.92. The highest BCUT2D eigenvalue weighted by atomic mass is 32.2. The van der Waals surface area contributed by atoms with E-state index in [-0.39, 0.29) is 4.90 Å². The first-order chi connectivity index (χ1) is 11.5.